The van der Waals surface area contributed by atoms with Crippen LogP contribution in [0.25, 0.3) is 0 Å². The summed E-state index contributed by atoms with van der Waals surface area (Å²) in [5.74, 6) is 0.718. The molecule has 1 aromatic rings. The molecule has 2 unspecified atom stereocenters. The second kappa shape index (κ2) is 6.08. The van der Waals surface area contributed by atoms with Gasteiger partial charge in [-0.05, 0) is 37.6 Å². The summed E-state index contributed by atoms with van der Waals surface area (Å²) in [6.07, 6.45) is 9.72. The fraction of sp³-hybridized carbons (Fsp3) is 0.812. The van der Waals surface area contributed by atoms with Crippen molar-refractivity contribution >= 4 is 0 Å². The fourth-order valence-electron chi connectivity index (χ4n) is 3.56. The number of nitrogens with one attached hydrogen (secondary N) is 1. The third-order valence-electron chi connectivity index (χ3n) is 4.75. The Balaban J connectivity index is 2.23. The molecular weight excluding hydrogens is 234 g/mol. The van der Waals surface area contributed by atoms with Crippen LogP contribution in [0.4, 0.5) is 0 Å². The van der Waals surface area contributed by atoms with Gasteiger partial charge in [0, 0.05) is 24.3 Å². The first kappa shape index (κ1) is 14.6. The Morgan fingerprint density at radius 1 is 1.42 bits per heavy atom. The van der Waals surface area contributed by atoms with Gasteiger partial charge in [0.2, 0.25) is 0 Å². The lowest BCUT2D eigenvalue weighted by molar-refractivity contribution is 0.0988. The van der Waals surface area contributed by atoms with Crippen molar-refractivity contribution < 1.29 is 0 Å². The van der Waals surface area contributed by atoms with E-state index in [1.165, 1.54) is 31.2 Å². The molecular formula is C16H29N3. The van der Waals surface area contributed by atoms with Gasteiger partial charge in [0.25, 0.3) is 0 Å². The molecule has 1 saturated carbocycles. The Morgan fingerprint density at radius 3 is 2.79 bits per heavy atom. The maximum atomic E-state index is 4.46. The highest BCUT2D eigenvalue weighted by Crippen LogP contribution is 2.46. The van der Waals surface area contributed by atoms with Crippen LogP contribution >= 0.6 is 0 Å². The third kappa shape index (κ3) is 3.19. The van der Waals surface area contributed by atoms with Gasteiger partial charge in [-0.2, -0.15) is 5.10 Å². The molecule has 108 valence electrons. The highest BCUT2D eigenvalue weighted by atomic mass is 15.3. The SMILES string of the molecule is CCNC(c1cnn(CC)c1)C1CCCCC1(C)C. The van der Waals surface area contributed by atoms with Crippen molar-refractivity contribution in [2.75, 3.05) is 6.54 Å². The molecule has 3 nitrogen and oxygen atoms in total. The first-order valence-electron chi connectivity index (χ1n) is 7.84. The quantitative estimate of drug-likeness (QED) is 0.876. The first-order chi connectivity index (χ1) is 9.08. The number of aromatic nitrogens is 2. The Labute approximate surface area is 117 Å². The van der Waals surface area contributed by atoms with Crippen LogP contribution in [0.3, 0.4) is 0 Å². The van der Waals surface area contributed by atoms with E-state index in [0.717, 1.165) is 19.0 Å². The molecule has 3 heteroatoms. The van der Waals surface area contributed by atoms with Crippen LogP contribution in [0.2, 0.25) is 0 Å². The monoisotopic (exact) mass is 263 g/mol. The zero-order chi connectivity index (χ0) is 13.9. The normalized spacial score (nSPS) is 24.3. The van der Waals surface area contributed by atoms with Gasteiger partial charge < -0.3 is 5.32 Å². The van der Waals surface area contributed by atoms with E-state index >= 15 is 0 Å². The van der Waals surface area contributed by atoms with E-state index in [2.05, 4.69) is 50.5 Å². The van der Waals surface area contributed by atoms with Crippen molar-refractivity contribution in [1.29, 1.82) is 0 Å². The standard InChI is InChI=1S/C16H29N3/c1-5-17-15(13-11-18-19(6-2)12-13)14-9-7-8-10-16(14,3)4/h11-12,14-15,17H,5-10H2,1-4H3. The molecule has 2 rings (SSSR count). The van der Waals surface area contributed by atoms with Gasteiger partial charge in [-0.25, -0.2) is 0 Å². The van der Waals surface area contributed by atoms with E-state index in [1.54, 1.807) is 0 Å². The average Bonchev–Trinajstić information content (AvgIpc) is 2.85. The van der Waals surface area contributed by atoms with Gasteiger partial charge in [0.1, 0.15) is 0 Å². The van der Waals surface area contributed by atoms with Crippen LogP contribution in [-0.2, 0) is 6.54 Å². The zero-order valence-corrected chi connectivity index (χ0v) is 12.9. The summed E-state index contributed by atoms with van der Waals surface area (Å²) in [4.78, 5) is 0. The van der Waals surface area contributed by atoms with E-state index < -0.39 is 0 Å². The summed E-state index contributed by atoms with van der Waals surface area (Å²) in [7, 11) is 0. The number of hydrogen-bond donors (Lipinski definition) is 1. The Bertz CT molecular complexity index is 394. The topological polar surface area (TPSA) is 29.9 Å². The van der Waals surface area contributed by atoms with Gasteiger partial charge in [-0.1, -0.05) is 33.6 Å². The lowest BCUT2D eigenvalue weighted by Gasteiger charge is -2.43. The molecule has 1 fully saturated rings. The predicted octanol–water partition coefficient (Wildman–Crippen LogP) is 3.77. The molecule has 1 heterocycles. The molecule has 19 heavy (non-hydrogen) atoms. The van der Waals surface area contributed by atoms with E-state index in [-0.39, 0.29) is 0 Å². The van der Waals surface area contributed by atoms with Crippen LogP contribution in [-0.4, -0.2) is 16.3 Å². The highest BCUT2D eigenvalue weighted by molar-refractivity contribution is 5.14. The minimum absolute atomic E-state index is 0.430. The lowest BCUT2D eigenvalue weighted by Crippen LogP contribution is -2.38. The van der Waals surface area contributed by atoms with Crippen LogP contribution in [0.5, 0.6) is 0 Å². The number of aryl methyl sites for hydroxylation is 1. The van der Waals surface area contributed by atoms with Crippen molar-refractivity contribution in [3.05, 3.63) is 18.0 Å². The molecule has 0 bridgehead atoms. The van der Waals surface area contributed by atoms with Gasteiger partial charge in [0.05, 0.1) is 6.20 Å². The summed E-state index contributed by atoms with van der Waals surface area (Å²) in [6.45, 7) is 11.2. The Kier molecular flexibility index (Phi) is 4.67. The van der Waals surface area contributed by atoms with Gasteiger partial charge >= 0.3 is 0 Å². The average molecular weight is 263 g/mol. The van der Waals surface area contributed by atoms with Crippen LogP contribution in [0, 0.1) is 11.3 Å². The zero-order valence-electron chi connectivity index (χ0n) is 12.9. The summed E-state index contributed by atoms with van der Waals surface area (Å²) in [5, 5.41) is 8.17. The second-order valence-electron chi connectivity index (χ2n) is 6.51. The number of rotatable bonds is 5. The molecule has 0 amide bonds. The molecule has 0 saturated heterocycles. The molecule has 0 spiro atoms. The first-order valence-corrected chi connectivity index (χ1v) is 7.84. The van der Waals surface area contributed by atoms with E-state index in [0.29, 0.717) is 11.5 Å². The fourth-order valence-corrected chi connectivity index (χ4v) is 3.56. The third-order valence-corrected chi connectivity index (χ3v) is 4.75. The van der Waals surface area contributed by atoms with Crippen molar-refractivity contribution in [1.82, 2.24) is 15.1 Å². The molecule has 1 N–H and O–H groups in total. The summed E-state index contributed by atoms with van der Waals surface area (Å²) < 4.78 is 2.04. The van der Waals surface area contributed by atoms with Gasteiger partial charge in [-0.15, -0.1) is 0 Å². The van der Waals surface area contributed by atoms with Crippen molar-refractivity contribution in [2.45, 2.75) is 66.0 Å². The molecule has 1 aliphatic rings. The van der Waals surface area contributed by atoms with Crippen molar-refractivity contribution in [3.8, 4) is 0 Å². The van der Waals surface area contributed by atoms with Crippen molar-refractivity contribution in [3.63, 3.8) is 0 Å². The molecule has 0 aromatic carbocycles. The second-order valence-corrected chi connectivity index (χ2v) is 6.51. The van der Waals surface area contributed by atoms with Gasteiger partial charge in [-0.3, -0.25) is 4.68 Å². The Hall–Kier alpha value is -0.830. The minimum Gasteiger partial charge on any atom is -0.310 e. The summed E-state index contributed by atoms with van der Waals surface area (Å²) in [5.41, 5.74) is 1.79. The van der Waals surface area contributed by atoms with Crippen molar-refractivity contribution in [2.24, 2.45) is 11.3 Å². The molecule has 0 aliphatic heterocycles. The minimum atomic E-state index is 0.430. The van der Waals surface area contributed by atoms with E-state index in [4.69, 9.17) is 0 Å². The summed E-state index contributed by atoms with van der Waals surface area (Å²) in [6, 6.07) is 0.459. The smallest absolute Gasteiger partial charge is 0.0537 e. The number of hydrogen-bond acceptors (Lipinski definition) is 2. The van der Waals surface area contributed by atoms with Crippen LogP contribution in [0.15, 0.2) is 12.4 Å². The number of nitrogens with zero attached hydrogens (tertiary/aromatic N) is 2. The molecule has 1 aliphatic carbocycles. The maximum absolute atomic E-state index is 4.46. The lowest BCUT2D eigenvalue weighted by atomic mass is 9.65. The van der Waals surface area contributed by atoms with E-state index in [9.17, 15) is 0 Å². The summed E-state index contributed by atoms with van der Waals surface area (Å²) >= 11 is 0. The van der Waals surface area contributed by atoms with Crippen LogP contribution < -0.4 is 5.32 Å². The molecule has 2 atom stereocenters. The van der Waals surface area contributed by atoms with Crippen LogP contribution in [0.1, 0.15) is 65.0 Å². The molecule has 0 radical (unpaired) electrons. The largest absolute Gasteiger partial charge is 0.310 e. The maximum Gasteiger partial charge on any atom is 0.0537 e. The predicted molar refractivity (Wildman–Crippen MR) is 80.1 cm³/mol. The van der Waals surface area contributed by atoms with E-state index in [1.807, 2.05) is 4.68 Å². The highest BCUT2D eigenvalue weighted by Gasteiger charge is 2.38. The van der Waals surface area contributed by atoms with Gasteiger partial charge in [0.15, 0.2) is 0 Å². The molecule has 1 aromatic heterocycles. The Morgan fingerprint density at radius 2 is 2.21 bits per heavy atom.